The first-order valence-corrected chi connectivity index (χ1v) is 17.8. The molecule has 0 radical (unpaired) electrons. The summed E-state index contributed by atoms with van der Waals surface area (Å²) in [7, 11) is 0. The maximum absolute atomic E-state index is 14.2. The second-order valence-corrected chi connectivity index (χ2v) is 14.1. The second-order valence-electron chi connectivity index (χ2n) is 12.3. The van der Waals surface area contributed by atoms with Crippen molar-refractivity contribution in [1.82, 2.24) is 30.8 Å². The van der Waals surface area contributed by atoms with Crippen molar-refractivity contribution in [3.63, 3.8) is 0 Å². The van der Waals surface area contributed by atoms with Crippen LogP contribution in [0.1, 0.15) is 95.6 Å². The number of thiazole rings is 2. The molecule has 1 fully saturated rings. The summed E-state index contributed by atoms with van der Waals surface area (Å²) in [6.07, 6.45) is 1.87. The van der Waals surface area contributed by atoms with Gasteiger partial charge in [0.05, 0.1) is 12.1 Å². The van der Waals surface area contributed by atoms with Gasteiger partial charge in [-0.3, -0.25) is 19.2 Å². The Balaban J connectivity index is 1.37. The summed E-state index contributed by atoms with van der Waals surface area (Å²) in [4.78, 5) is 70.3. The monoisotopic (exact) mass is 677 g/mol. The number of nitrogens with one attached hydrogen (secondary N) is 3. The standard InChI is InChI=1S/C33H39N7O5S2/c1-5-17(2)25-32-37-22(16-47-32)27(41)34-18(3)31-36-23(15-46-31)28(42)35-21(14-20-10-7-6-8-11-20)33(44)40-13-9-12-24(40)30-39-26(19(4)45-30)29(43)38-25/h6-8,10-11,15-19,21,24-26H,5,9,12-14H2,1-4H3,(H,34,41)(H,35,42)(H,38,43). The molecule has 3 aromatic rings. The Bertz CT molecular complexity index is 1670. The van der Waals surface area contributed by atoms with Gasteiger partial charge in [0.2, 0.25) is 17.7 Å². The number of hydrogen-bond donors (Lipinski definition) is 3. The first-order chi connectivity index (χ1) is 22.6. The summed E-state index contributed by atoms with van der Waals surface area (Å²) in [5, 5.41) is 13.5. The van der Waals surface area contributed by atoms with Crippen molar-refractivity contribution >= 4 is 52.2 Å². The van der Waals surface area contributed by atoms with Crippen LogP contribution >= 0.6 is 22.7 Å². The van der Waals surface area contributed by atoms with Gasteiger partial charge >= 0.3 is 0 Å². The number of nitrogens with zero attached hydrogens (tertiary/aromatic N) is 4. The van der Waals surface area contributed by atoms with Crippen LogP contribution in [0.3, 0.4) is 0 Å². The number of benzene rings is 1. The van der Waals surface area contributed by atoms with Crippen molar-refractivity contribution in [3.8, 4) is 0 Å². The molecule has 0 spiro atoms. The Morgan fingerprint density at radius 2 is 1.64 bits per heavy atom. The molecule has 3 aliphatic heterocycles. The van der Waals surface area contributed by atoms with Crippen molar-refractivity contribution in [2.75, 3.05) is 6.54 Å². The number of fused-ring (bicyclic) bond motifs is 7. The highest BCUT2D eigenvalue weighted by Crippen LogP contribution is 2.30. The van der Waals surface area contributed by atoms with Gasteiger partial charge in [-0.1, -0.05) is 50.6 Å². The zero-order valence-corrected chi connectivity index (χ0v) is 28.4. The lowest BCUT2D eigenvalue weighted by molar-refractivity contribution is -0.133. The average Bonchev–Trinajstić information content (AvgIpc) is 3.89. The molecule has 7 unspecified atom stereocenters. The van der Waals surface area contributed by atoms with Gasteiger partial charge in [-0.2, -0.15) is 0 Å². The third kappa shape index (κ3) is 6.93. The molecule has 6 bridgehead atoms. The van der Waals surface area contributed by atoms with E-state index in [-0.39, 0.29) is 41.4 Å². The van der Waals surface area contributed by atoms with Crippen LogP contribution in [0.25, 0.3) is 0 Å². The van der Waals surface area contributed by atoms with Crippen molar-refractivity contribution in [2.24, 2.45) is 10.9 Å². The minimum absolute atomic E-state index is 0.0332. The van der Waals surface area contributed by atoms with E-state index in [9.17, 15) is 19.2 Å². The number of rotatable bonds is 4. The molecule has 12 nitrogen and oxygen atoms in total. The Morgan fingerprint density at radius 1 is 0.957 bits per heavy atom. The lowest BCUT2D eigenvalue weighted by Gasteiger charge is -2.29. The maximum Gasteiger partial charge on any atom is 0.271 e. The smallest absolute Gasteiger partial charge is 0.271 e. The number of amides is 4. The zero-order chi connectivity index (χ0) is 33.2. The summed E-state index contributed by atoms with van der Waals surface area (Å²) in [6, 6.07) is 6.43. The molecule has 1 saturated heterocycles. The maximum atomic E-state index is 14.2. The van der Waals surface area contributed by atoms with Crippen LogP contribution < -0.4 is 16.0 Å². The van der Waals surface area contributed by atoms with Gasteiger partial charge in [0.1, 0.15) is 39.6 Å². The van der Waals surface area contributed by atoms with E-state index in [4.69, 9.17) is 9.73 Å². The molecule has 2 aromatic heterocycles. The molecule has 1 aromatic carbocycles. The fraction of sp³-hybridized carbons (Fsp3) is 0.485. The molecule has 47 heavy (non-hydrogen) atoms. The Kier molecular flexibility index (Phi) is 9.69. The third-order valence-electron chi connectivity index (χ3n) is 9.00. The molecule has 14 heteroatoms. The second kappa shape index (κ2) is 13.9. The molecule has 5 heterocycles. The first kappa shape index (κ1) is 32.8. The number of carbonyl (C=O) groups is 4. The van der Waals surface area contributed by atoms with E-state index in [2.05, 4.69) is 25.9 Å². The van der Waals surface area contributed by atoms with Gasteiger partial charge in [0.15, 0.2) is 6.04 Å². The van der Waals surface area contributed by atoms with Crippen LogP contribution in [0, 0.1) is 5.92 Å². The topological polar surface area (TPSA) is 155 Å². The van der Waals surface area contributed by atoms with Gasteiger partial charge in [-0.05, 0) is 38.2 Å². The SMILES string of the molecule is CCC(C)C1NC(=O)C2N=C(OC2C)C2CCCN2C(=O)C(Cc2ccccc2)NC(=O)c2csc(n2)C(C)NC(=O)c2csc1n2. The molecule has 4 amide bonds. The number of aliphatic imine (C=N–C) groups is 1. The van der Waals surface area contributed by atoms with Crippen molar-refractivity contribution < 1.29 is 23.9 Å². The van der Waals surface area contributed by atoms with Crippen LogP contribution in [0.4, 0.5) is 0 Å². The van der Waals surface area contributed by atoms with Crippen molar-refractivity contribution in [1.29, 1.82) is 0 Å². The van der Waals surface area contributed by atoms with E-state index in [1.165, 1.54) is 22.7 Å². The van der Waals surface area contributed by atoms with E-state index >= 15 is 0 Å². The van der Waals surface area contributed by atoms with Crippen LogP contribution in [-0.4, -0.2) is 75.2 Å². The molecule has 248 valence electrons. The highest BCUT2D eigenvalue weighted by molar-refractivity contribution is 7.10. The molecule has 0 aliphatic carbocycles. The molecule has 6 rings (SSSR count). The summed E-state index contributed by atoms with van der Waals surface area (Å²) in [5.74, 6) is -1.04. The Labute approximate surface area is 281 Å². The summed E-state index contributed by atoms with van der Waals surface area (Å²) >= 11 is 2.57. The van der Waals surface area contributed by atoms with E-state index < -0.39 is 42.2 Å². The van der Waals surface area contributed by atoms with Crippen molar-refractivity contribution in [2.45, 2.75) is 89.7 Å². The van der Waals surface area contributed by atoms with E-state index in [1.54, 1.807) is 29.5 Å². The number of ether oxygens (including phenoxy) is 1. The van der Waals surface area contributed by atoms with Crippen LogP contribution in [0.5, 0.6) is 0 Å². The molecule has 3 N–H and O–H groups in total. The normalized spacial score (nSPS) is 27.5. The predicted octanol–water partition coefficient (Wildman–Crippen LogP) is 3.83. The Hall–Kier alpha value is -4.17. The van der Waals surface area contributed by atoms with Crippen LogP contribution in [0.15, 0.2) is 46.1 Å². The first-order valence-electron chi connectivity index (χ1n) is 16.0. The lowest BCUT2D eigenvalue weighted by Crippen LogP contribution is -2.52. The van der Waals surface area contributed by atoms with Crippen LogP contribution in [0.2, 0.25) is 0 Å². The quantitative estimate of drug-likeness (QED) is 0.379. The minimum Gasteiger partial charge on any atom is -0.474 e. The number of aromatic nitrogens is 2. The van der Waals surface area contributed by atoms with Gasteiger partial charge in [0, 0.05) is 23.7 Å². The predicted molar refractivity (Wildman–Crippen MR) is 178 cm³/mol. The molecular weight excluding hydrogens is 639 g/mol. The number of carbonyl (C=O) groups excluding carboxylic acids is 4. The van der Waals surface area contributed by atoms with Gasteiger partial charge in [0.25, 0.3) is 11.8 Å². The van der Waals surface area contributed by atoms with Crippen LogP contribution in [-0.2, 0) is 20.7 Å². The Morgan fingerprint density at radius 3 is 2.36 bits per heavy atom. The lowest BCUT2D eigenvalue weighted by atomic mass is 9.99. The fourth-order valence-electron chi connectivity index (χ4n) is 6.11. The average molecular weight is 678 g/mol. The third-order valence-corrected chi connectivity index (χ3v) is 11.0. The largest absolute Gasteiger partial charge is 0.474 e. The van der Waals surface area contributed by atoms with Gasteiger partial charge in [-0.15, -0.1) is 22.7 Å². The fourth-order valence-corrected chi connectivity index (χ4v) is 7.90. The molecular formula is C33H39N7O5S2. The minimum atomic E-state index is -0.879. The summed E-state index contributed by atoms with van der Waals surface area (Å²) in [5.41, 5.74) is 1.29. The van der Waals surface area contributed by atoms with E-state index in [1.807, 2.05) is 44.2 Å². The molecule has 3 aliphatic rings. The summed E-state index contributed by atoms with van der Waals surface area (Å²) in [6.45, 7) is 8.13. The van der Waals surface area contributed by atoms with E-state index in [0.29, 0.717) is 28.9 Å². The van der Waals surface area contributed by atoms with Gasteiger partial charge in [-0.25, -0.2) is 15.0 Å². The highest BCUT2D eigenvalue weighted by Gasteiger charge is 2.43. The zero-order valence-electron chi connectivity index (χ0n) is 26.8. The number of hydrogen-bond acceptors (Lipinski definition) is 10. The van der Waals surface area contributed by atoms with Crippen molar-refractivity contribution in [3.05, 3.63) is 68.1 Å². The van der Waals surface area contributed by atoms with Gasteiger partial charge < -0.3 is 25.6 Å². The molecule has 0 saturated carbocycles. The highest BCUT2D eigenvalue weighted by atomic mass is 32.1. The summed E-state index contributed by atoms with van der Waals surface area (Å²) < 4.78 is 6.17. The molecule has 7 atom stereocenters. The van der Waals surface area contributed by atoms with E-state index in [0.717, 1.165) is 18.4 Å².